The van der Waals surface area contributed by atoms with Crippen LogP contribution < -0.4 is 5.32 Å². The van der Waals surface area contributed by atoms with Gasteiger partial charge in [0, 0.05) is 23.2 Å². The van der Waals surface area contributed by atoms with Crippen LogP contribution in [0.3, 0.4) is 0 Å². The Morgan fingerprint density at radius 1 is 1.32 bits per heavy atom. The van der Waals surface area contributed by atoms with Gasteiger partial charge in [0.05, 0.1) is 0 Å². The molecule has 22 heavy (non-hydrogen) atoms. The van der Waals surface area contributed by atoms with Gasteiger partial charge in [0.25, 0.3) is 5.91 Å². The minimum absolute atomic E-state index is 0.125. The van der Waals surface area contributed by atoms with Crippen molar-refractivity contribution in [2.45, 2.75) is 0 Å². The van der Waals surface area contributed by atoms with Crippen molar-refractivity contribution in [2.75, 3.05) is 18.4 Å². The fraction of sp³-hybridized carbons (Fsp3) is 0.133. The zero-order valence-electron chi connectivity index (χ0n) is 11.7. The number of anilines is 1. The molecule has 0 saturated heterocycles. The number of halogens is 1. The van der Waals surface area contributed by atoms with Gasteiger partial charge >= 0.3 is 0 Å². The summed E-state index contributed by atoms with van der Waals surface area (Å²) in [5.74, 6) is -0.368. The number of aromatic nitrogens is 1. The van der Waals surface area contributed by atoms with Gasteiger partial charge in [-0.05, 0) is 24.3 Å². The molecule has 1 heterocycles. The number of amides is 2. The molecule has 0 aliphatic heterocycles. The first-order valence-electron chi connectivity index (χ1n) is 6.46. The molecule has 0 fully saturated rings. The van der Waals surface area contributed by atoms with E-state index in [2.05, 4.69) is 21.6 Å². The van der Waals surface area contributed by atoms with Gasteiger partial charge in [-0.1, -0.05) is 22.8 Å². The summed E-state index contributed by atoms with van der Waals surface area (Å²) < 4.78 is 4.62. The predicted molar refractivity (Wildman–Crippen MR) is 82.7 cm³/mol. The fourth-order valence-electron chi connectivity index (χ4n) is 1.78. The van der Waals surface area contributed by atoms with Crippen molar-refractivity contribution >= 4 is 29.2 Å². The second-order valence-electron chi connectivity index (χ2n) is 4.41. The summed E-state index contributed by atoms with van der Waals surface area (Å²) >= 11 is 5.80. The van der Waals surface area contributed by atoms with Crippen molar-refractivity contribution in [1.82, 2.24) is 10.1 Å². The Hall–Kier alpha value is -2.60. The van der Waals surface area contributed by atoms with Gasteiger partial charge in [0.15, 0.2) is 5.82 Å². The first kappa shape index (κ1) is 15.8. The third kappa shape index (κ3) is 4.20. The van der Waals surface area contributed by atoms with Gasteiger partial charge < -0.3 is 14.7 Å². The van der Waals surface area contributed by atoms with E-state index in [-0.39, 0.29) is 24.9 Å². The van der Waals surface area contributed by atoms with Crippen LogP contribution in [0, 0.1) is 0 Å². The lowest BCUT2D eigenvalue weighted by Crippen LogP contribution is -2.38. The lowest BCUT2D eigenvalue weighted by molar-refractivity contribution is -0.116. The monoisotopic (exact) mass is 319 g/mol. The number of carbonyl (C=O) groups excluding carboxylic acids is 2. The highest BCUT2D eigenvalue weighted by Gasteiger charge is 2.18. The summed E-state index contributed by atoms with van der Waals surface area (Å²) in [5, 5.41) is 6.65. The van der Waals surface area contributed by atoms with E-state index in [0.717, 1.165) is 0 Å². The Balaban J connectivity index is 2.05. The lowest BCUT2D eigenvalue weighted by atomic mass is 10.2. The molecule has 7 heteroatoms. The van der Waals surface area contributed by atoms with Crippen molar-refractivity contribution in [1.29, 1.82) is 0 Å². The summed E-state index contributed by atoms with van der Waals surface area (Å²) in [6, 6.07) is 7.97. The van der Waals surface area contributed by atoms with E-state index in [1.807, 2.05) is 0 Å². The maximum atomic E-state index is 12.4. The molecule has 2 amide bonds. The number of carbonyl (C=O) groups is 2. The third-order valence-corrected chi connectivity index (χ3v) is 3.02. The Bertz CT molecular complexity index is 653. The molecule has 0 bridgehead atoms. The zero-order chi connectivity index (χ0) is 15.9. The van der Waals surface area contributed by atoms with E-state index in [0.29, 0.717) is 16.4 Å². The van der Waals surface area contributed by atoms with Crippen LogP contribution in [0.5, 0.6) is 0 Å². The van der Waals surface area contributed by atoms with Crippen LogP contribution in [0.1, 0.15) is 10.4 Å². The van der Waals surface area contributed by atoms with Crippen LogP contribution in [-0.2, 0) is 4.79 Å². The van der Waals surface area contributed by atoms with E-state index in [9.17, 15) is 9.59 Å². The first-order chi connectivity index (χ1) is 10.6. The Kier molecular flexibility index (Phi) is 5.32. The molecule has 0 aliphatic carbocycles. The average Bonchev–Trinajstić information content (AvgIpc) is 2.99. The van der Waals surface area contributed by atoms with Crippen molar-refractivity contribution in [3.8, 4) is 0 Å². The zero-order valence-corrected chi connectivity index (χ0v) is 12.4. The third-order valence-electron chi connectivity index (χ3n) is 2.77. The molecule has 0 unspecified atom stereocenters. The average molecular weight is 320 g/mol. The second-order valence-corrected chi connectivity index (χ2v) is 4.85. The largest absolute Gasteiger partial charge is 0.363 e. The number of nitrogens with one attached hydrogen (secondary N) is 1. The van der Waals surface area contributed by atoms with Crippen LogP contribution in [-0.4, -0.2) is 35.0 Å². The van der Waals surface area contributed by atoms with Gasteiger partial charge in [-0.25, -0.2) is 0 Å². The van der Waals surface area contributed by atoms with E-state index >= 15 is 0 Å². The second kappa shape index (κ2) is 7.42. The minimum atomic E-state index is -0.377. The predicted octanol–water partition coefficient (Wildman–Crippen LogP) is 2.59. The Morgan fingerprint density at radius 3 is 2.64 bits per heavy atom. The molecular formula is C15H14ClN3O3. The summed E-state index contributed by atoms with van der Waals surface area (Å²) in [5.41, 5.74) is 0.445. The molecule has 2 rings (SSSR count). The van der Waals surface area contributed by atoms with Crippen LogP contribution in [0.25, 0.3) is 0 Å². The molecule has 2 aromatic rings. The van der Waals surface area contributed by atoms with Gasteiger partial charge in [0.1, 0.15) is 12.8 Å². The van der Waals surface area contributed by atoms with E-state index < -0.39 is 0 Å². The van der Waals surface area contributed by atoms with Crippen LogP contribution in [0.4, 0.5) is 5.82 Å². The molecule has 0 spiro atoms. The maximum absolute atomic E-state index is 12.4. The first-order valence-corrected chi connectivity index (χ1v) is 6.84. The maximum Gasteiger partial charge on any atom is 0.254 e. The van der Waals surface area contributed by atoms with Gasteiger partial charge in [-0.3, -0.25) is 9.59 Å². The van der Waals surface area contributed by atoms with Crippen LogP contribution >= 0.6 is 11.6 Å². The summed E-state index contributed by atoms with van der Waals surface area (Å²) in [6.07, 6.45) is 2.90. The normalized spacial score (nSPS) is 10.0. The fourth-order valence-corrected chi connectivity index (χ4v) is 1.91. The topological polar surface area (TPSA) is 75.4 Å². The van der Waals surface area contributed by atoms with E-state index in [4.69, 9.17) is 11.6 Å². The number of hydrogen-bond acceptors (Lipinski definition) is 4. The van der Waals surface area contributed by atoms with Crippen LogP contribution in [0.2, 0.25) is 5.02 Å². The van der Waals surface area contributed by atoms with Gasteiger partial charge in [-0.15, -0.1) is 6.58 Å². The summed E-state index contributed by atoms with van der Waals surface area (Å²) in [4.78, 5) is 25.7. The smallest absolute Gasteiger partial charge is 0.254 e. The number of benzene rings is 1. The Labute approximate surface area is 132 Å². The minimum Gasteiger partial charge on any atom is -0.363 e. The number of hydrogen-bond donors (Lipinski definition) is 1. The molecule has 114 valence electrons. The Morgan fingerprint density at radius 2 is 2.05 bits per heavy atom. The van der Waals surface area contributed by atoms with Gasteiger partial charge in [0.2, 0.25) is 5.91 Å². The number of rotatable bonds is 6. The lowest BCUT2D eigenvalue weighted by Gasteiger charge is -2.20. The summed E-state index contributed by atoms with van der Waals surface area (Å²) in [7, 11) is 0. The summed E-state index contributed by atoms with van der Waals surface area (Å²) in [6.45, 7) is 3.72. The molecule has 0 atom stereocenters. The highest BCUT2D eigenvalue weighted by molar-refractivity contribution is 6.30. The van der Waals surface area contributed by atoms with E-state index in [1.165, 1.54) is 17.2 Å². The molecule has 1 aromatic carbocycles. The van der Waals surface area contributed by atoms with Crippen molar-refractivity contribution in [2.24, 2.45) is 0 Å². The van der Waals surface area contributed by atoms with Crippen molar-refractivity contribution < 1.29 is 14.1 Å². The molecule has 1 N–H and O–H groups in total. The molecule has 0 radical (unpaired) electrons. The van der Waals surface area contributed by atoms with E-state index in [1.54, 1.807) is 30.3 Å². The molecular weight excluding hydrogens is 306 g/mol. The van der Waals surface area contributed by atoms with Gasteiger partial charge in [-0.2, -0.15) is 0 Å². The van der Waals surface area contributed by atoms with Crippen LogP contribution in [0.15, 0.2) is 53.8 Å². The molecule has 0 saturated carbocycles. The molecule has 1 aromatic heterocycles. The highest BCUT2D eigenvalue weighted by atomic mass is 35.5. The number of nitrogens with zero attached hydrogens (tertiary/aromatic N) is 2. The standard InChI is InChI=1S/C15H14ClN3O3/c1-2-8-19(10-14(20)17-13-7-9-22-18-13)15(21)11-3-5-12(16)6-4-11/h2-7,9H,1,8,10H2,(H,17,18,20). The highest BCUT2D eigenvalue weighted by Crippen LogP contribution is 2.12. The molecule has 6 nitrogen and oxygen atoms in total. The van der Waals surface area contributed by atoms with Crippen molar-refractivity contribution in [3.63, 3.8) is 0 Å². The van der Waals surface area contributed by atoms with Crippen molar-refractivity contribution in [3.05, 3.63) is 59.8 Å². The quantitative estimate of drug-likeness (QED) is 0.830. The molecule has 0 aliphatic rings. The SMILES string of the molecule is C=CCN(CC(=O)Nc1ccon1)C(=O)c1ccc(Cl)cc1.